The van der Waals surface area contributed by atoms with E-state index in [4.69, 9.17) is 15.3 Å². The third kappa shape index (κ3) is 4.27. The molecule has 1 aliphatic carbocycles. The van der Waals surface area contributed by atoms with Crippen molar-refractivity contribution in [2.75, 3.05) is 32.8 Å². The molecule has 37 heavy (non-hydrogen) atoms. The van der Waals surface area contributed by atoms with Crippen LogP contribution in [-0.2, 0) is 27.3 Å². The lowest BCUT2D eigenvalue weighted by molar-refractivity contribution is -0.354. The van der Waals surface area contributed by atoms with Crippen LogP contribution in [-0.4, -0.2) is 71.8 Å². The second-order valence-electron chi connectivity index (χ2n) is 9.97. The average molecular weight is 505 g/mol. The fourth-order valence-electron chi connectivity index (χ4n) is 6.04. The van der Waals surface area contributed by atoms with Gasteiger partial charge >= 0.3 is 5.97 Å². The second kappa shape index (κ2) is 9.64. The zero-order valence-electron chi connectivity index (χ0n) is 20.7. The molecule has 4 aliphatic rings. The van der Waals surface area contributed by atoms with E-state index in [0.717, 1.165) is 53.9 Å². The fraction of sp³-hybridized carbons (Fsp3) is 0.462. The Kier molecular flexibility index (Phi) is 6.17. The standard InChI is InChI=1S/C26H29N7O4/c1-15-17(2-3-20-21(15)13-37-26(20)35)23-11-32-8-9-33(10-16(32)12-36-23)25(34)19-4-6-22-18(19)5-7-24(30-22)28-14-29-31-27/h2-3,5,7,14,16,19,23H,4,6,8-13H2,1H3,(H2,27,28,29,30)/p+1/t16-,19?,23+/m1/s1. The van der Waals surface area contributed by atoms with Crippen molar-refractivity contribution in [2.24, 2.45) is 16.2 Å². The van der Waals surface area contributed by atoms with Gasteiger partial charge in [0, 0.05) is 60.1 Å². The molecule has 1 unspecified atom stereocenters. The highest BCUT2D eigenvalue weighted by atomic mass is 16.5. The van der Waals surface area contributed by atoms with E-state index in [1.807, 2.05) is 36.1 Å². The van der Waals surface area contributed by atoms with Gasteiger partial charge in [0.15, 0.2) is 0 Å². The van der Waals surface area contributed by atoms with Crippen molar-refractivity contribution in [1.82, 2.24) is 14.8 Å². The molecule has 0 radical (unpaired) electrons. The number of cyclic esters (lactones) is 1. The number of carbonyl (C=O) groups is 2. The number of nitrogens with one attached hydrogen (secondary N) is 1. The van der Waals surface area contributed by atoms with E-state index in [9.17, 15) is 9.59 Å². The number of rotatable bonds is 4. The number of benzene rings is 1. The van der Waals surface area contributed by atoms with Gasteiger partial charge in [0.2, 0.25) is 5.91 Å². The number of ether oxygens (including phenoxy) is 2. The maximum atomic E-state index is 13.5. The number of aryl methyl sites for hydroxylation is 1. The molecule has 2 aromatic rings. The van der Waals surface area contributed by atoms with Gasteiger partial charge in [-0.2, -0.15) is 0 Å². The minimum Gasteiger partial charge on any atom is -0.457 e. The molecule has 1 aromatic carbocycles. The van der Waals surface area contributed by atoms with Gasteiger partial charge in [0.1, 0.15) is 12.3 Å². The maximum Gasteiger partial charge on any atom is 0.338 e. The Hall–Kier alpha value is -3.70. The van der Waals surface area contributed by atoms with Crippen LogP contribution in [0.2, 0.25) is 0 Å². The van der Waals surface area contributed by atoms with Gasteiger partial charge in [0.25, 0.3) is 12.2 Å². The summed E-state index contributed by atoms with van der Waals surface area (Å²) in [5, 5.41) is 6.75. The monoisotopic (exact) mass is 504 g/mol. The summed E-state index contributed by atoms with van der Waals surface area (Å²) in [5.41, 5.74) is 5.77. The summed E-state index contributed by atoms with van der Waals surface area (Å²) in [4.78, 5) is 37.4. The number of nitrogens with zero attached hydrogens (tertiary/aromatic N) is 5. The Morgan fingerprint density at radius 2 is 2.08 bits per heavy atom. The summed E-state index contributed by atoms with van der Waals surface area (Å²) in [6.45, 7) is 5.89. The largest absolute Gasteiger partial charge is 0.457 e. The molecule has 3 N–H and O–H groups in total. The smallest absolute Gasteiger partial charge is 0.338 e. The van der Waals surface area contributed by atoms with Crippen molar-refractivity contribution in [3.63, 3.8) is 0 Å². The number of esters is 1. The Balaban J connectivity index is 1.10. The van der Waals surface area contributed by atoms with Crippen molar-refractivity contribution in [2.45, 2.75) is 44.4 Å². The molecule has 0 bridgehead atoms. The molecule has 1 amide bonds. The molecule has 192 valence electrons. The highest BCUT2D eigenvalue weighted by Crippen LogP contribution is 2.36. The van der Waals surface area contributed by atoms with Crippen LogP contribution in [0, 0.1) is 6.92 Å². The number of piperazine rings is 1. The van der Waals surface area contributed by atoms with Crippen LogP contribution in [0.25, 0.3) is 0 Å². The zero-order chi connectivity index (χ0) is 25.5. The minimum atomic E-state index is -0.249. The average Bonchev–Trinajstić information content (AvgIpc) is 3.52. The Bertz CT molecular complexity index is 1310. The van der Waals surface area contributed by atoms with Crippen LogP contribution in [0.1, 0.15) is 56.7 Å². The van der Waals surface area contributed by atoms with Crippen LogP contribution in [0.3, 0.4) is 0 Å². The summed E-state index contributed by atoms with van der Waals surface area (Å²) in [6, 6.07) is 7.86. The fourth-order valence-corrected chi connectivity index (χ4v) is 6.04. The van der Waals surface area contributed by atoms with E-state index >= 15 is 0 Å². The lowest BCUT2D eigenvalue weighted by atomic mass is 9.93. The quantitative estimate of drug-likeness (QED) is 0.154. The number of aromatic nitrogens is 1. The SMILES string of the molecule is Cc1c([C@@H]2CN3CCN(C(=O)C4CCc5nc([NH+]=CN=NN)ccc54)C[C@@H]3CO2)ccc2c1COC2=O. The molecule has 2 fully saturated rings. The molecule has 11 heteroatoms. The maximum absolute atomic E-state index is 13.5. The number of hydrogen-bond acceptors (Lipinski definition) is 7. The number of pyridine rings is 1. The van der Waals surface area contributed by atoms with Gasteiger partial charge in [-0.1, -0.05) is 6.07 Å². The van der Waals surface area contributed by atoms with Gasteiger partial charge in [-0.05, 0) is 36.6 Å². The predicted octanol–water partition coefficient (Wildman–Crippen LogP) is 0.441. The lowest BCUT2D eigenvalue weighted by Gasteiger charge is -2.46. The normalized spacial score (nSPS) is 25.4. The first kappa shape index (κ1) is 23.7. The summed E-state index contributed by atoms with van der Waals surface area (Å²) in [6.07, 6.45) is 2.86. The van der Waals surface area contributed by atoms with E-state index in [1.54, 1.807) is 0 Å². The van der Waals surface area contributed by atoms with E-state index in [-0.39, 0.29) is 29.9 Å². The van der Waals surface area contributed by atoms with Crippen LogP contribution in [0.15, 0.2) is 34.6 Å². The van der Waals surface area contributed by atoms with Gasteiger partial charge in [-0.15, -0.1) is 4.98 Å². The first-order valence-electron chi connectivity index (χ1n) is 12.7. The molecule has 4 heterocycles. The van der Waals surface area contributed by atoms with Gasteiger partial charge in [-0.25, -0.2) is 9.79 Å². The van der Waals surface area contributed by atoms with E-state index in [1.165, 1.54) is 6.34 Å². The Morgan fingerprint density at radius 1 is 1.22 bits per heavy atom. The third-order valence-electron chi connectivity index (χ3n) is 8.05. The van der Waals surface area contributed by atoms with Crippen molar-refractivity contribution in [1.29, 1.82) is 0 Å². The molecule has 3 aliphatic heterocycles. The van der Waals surface area contributed by atoms with Gasteiger partial charge in [-0.3, -0.25) is 15.5 Å². The number of morpholine rings is 1. The summed E-state index contributed by atoms with van der Waals surface area (Å²) in [5.74, 6) is 5.42. The first-order valence-corrected chi connectivity index (χ1v) is 12.7. The highest BCUT2D eigenvalue weighted by molar-refractivity contribution is 5.94. The topological polar surface area (TPSA) is 137 Å². The first-order chi connectivity index (χ1) is 18.0. The molecule has 3 atom stereocenters. The summed E-state index contributed by atoms with van der Waals surface area (Å²) < 4.78 is 11.5. The van der Waals surface area contributed by atoms with Crippen LogP contribution < -0.4 is 10.8 Å². The van der Waals surface area contributed by atoms with Gasteiger partial charge in [0.05, 0.1) is 30.2 Å². The number of nitrogens with two attached hydrogens (primary N) is 1. The number of amides is 1. The molecule has 1 aromatic heterocycles. The number of carbonyl (C=O) groups excluding carboxylic acids is 2. The minimum absolute atomic E-state index is 0.0568. The molecule has 0 spiro atoms. The van der Waals surface area contributed by atoms with E-state index in [2.05, 4.69) is 25.2 Å². The van der Waals surface area contributed by atoms with Crippen molar-refractivity contribution in [3.8, 4) is 0 Å². The predicted molar refractivity (Wildman–Crippen MR) is 132 cm³/mol. The van der Waals surface area contributed by atoms with E-state index in [0.29, 0.717) is 37.7 Å². The molecule has 2 saturated heterocycles. The lowest BCUT2D eigenvalue weighted by Crippen LogP contribution is -2.61. The third-order valence-corrected chi connectivity index (χ3v) is 8.05. The van der Waals surface area contributed by atoms with Crippen molar-refractivity contribution in [3.05, 3.63) is 57.8 Å². The molecule has 0 saturated carbocycles. The van der Waals surface area contributed by atoms with Crippen LogP contribution >= 0.6 is 0 Å². The Labute approximate surface area is 214 Å². The molecule has 6 rings (SSSR count). The van der Waals surface area contributed by atoms with Crippen LogP contribution in [0.5, 0.6) is 0 Å². The van der Waals surface area contributed by atoms with E-state index < -0.39 is 0 Å². The molecule has 11 nitrogen and oxygen atoms in total. The number of hydrogen-bond donors (Lipinski definition) is 2. The molecular formula is C26H30N7O4+. The highest BCUT2D eigenvalue weighted by Gasteiger charge is 2.40. The van der Waals surface area contributed by atoms with Crippen molar-refractivity contribution >= 4 is 24.0 Å². The molecular weight excluding hydrogens is 474 g/mol. The summed E-state index contributed by atoms with van der Waals surface area (Å²) >= 11 is 0. The zero-order valence-corrected chi connectivity index (χ0v) is 20.7. The summed E-state index contributed by atoms with van der Waals surface area (Å²) in [7, 11) is 0. The van der Waals surface area contributed by atoms with Gasteiger partial charge < -0.3 is 14.4 Å². The van der Waals surface area contributed by atoms with Crippen LogP contribution in [0.4, 0.5) is 5.82 Å². The number of fused-ring (bicyclic) bond motifs is 3. The van der Waals surface area contributed by atoms with Crippen molar-refractivity contribution < 1.29 is 24.1 Å². The Morgan fingerprint density at radius 3 is 2.95 bits per heavy atom. The second-order valence-corrected chi connectivity index (χ2v) is 9.97.